The molecule has 0 rings (SSSR count). The van der Waals surface area contributed by atoms with Crippen molar-refractivity contribution in [2.75, 3.05) is 0 Å². The van der Waals surface area contributed by atoms with Crippen molar-refractivity contribution in [1.29, 1.82) is 5.41 Å². The third-order valence-electron chi connectivity index (χ3n) is 0.505. The number of nitrogens with one attached hydrogen (secondary N) is 1. The molecule has 0 aromatic heterocycles. The average molecular weight is 171 g/mol. The molecule has 0 unspecified atom stereocenters. The Morgan fingerprint density at radius 3 is 1.33 bits per heavy atom. The maximum Gasteiger partial charge on any atom is 0.0282 e. The lowest BCUT2D eigenvalue weighted by atomic mass is 10.3. The molecule has 0 aromatic rings. The van der Waals surface area contributed by atoms with Gasteiger partial charge in [0, 0.05) is 5.71 Å². The van der Waals surface area contributed by atoms with Gasteiger partial charge in [-0.1, -0.05) is 39.7 Å². The van der Waals surface area contributed by atoms with Crippen LogP contribution in [0.1, 0.15) is 54.9 Å². The minimum Gasteiger partial charge on any atom is -0.306 e. The Hall–Kier alpha value is -0.590. The van der Waals surface area contributed by atoms with Crippen LogP contribution in [0, 0.1) is 5.41 Å². The largest absolute Gasteiger partial charge is 0.306 e. The molecule has 1 heteroatoms. The van der Waals surface area contributed by atoms with Crippen LogP contribution >= 0.6 is 0 Å². The summed E-state index contributed by atoms with van der Waals surface area (Å²) in [5.41, 5.74) is 1.81. The van der Waals surface area contributed by atoms with Crippen molar-refractivity contribution in [3.63, 3.8) is 0 Å². The van der Waals surface area contributed by atoms with E-state index in [9.17, 15) is 0 Å². The highest BCUT2D eigenvalue weighted by atomic mass is 14.4. The van der Waals surface area contributed by atoms with Crippen molar-refractivity contribution in [3.05, 3.63) is 11.6 Å². The molecule has 1 nitrogen and oxygen atoms in total. The molecule has 0 amide bonds. The predicted octanol–water partition coefficient (Wildman–Crippen LogP) is 4.43. The van der Waals surface area contributed by atoms with Crippen LogP contribution in [0.2, 0.25) is 0 Å². The van der Waals surface area contributed by atoms with Crippen LogP contribution in [0.5, 0.6) is 0 Å². The van der Waals surface area contributed by atoms with E-state index < -0.39 is 0 Å². The molecule has 0 radical (unpaired) electrons. The van der Waals surface area contributed by atoms with Crippen molar-refractivity contribution in [1.82, 2.24) is 0 Å². The highest BCUT2D eigenvalue weighted by Crippen LogP contribution is 1.86. The number of rotatable bonds is 1. The maximum atomic E-state index is 6.95. The quantitative estimate of drug-likeness (QED) is 0.564. The predicted molar refractivity (Wildman–Crippen MR) is 60.1 cm³/mol. The second-order valence-electron chi connectivity index (χ2n) is 2.61. The Morgan fingerprint density at radius 1 is 1.08 bits per heavy atom. The summed E-state index contributed by atoms with van der Waals surface area (Å²) in [6, 6.07) is 0. The fourth-order valence-corrected chi connectivity index (χ4v) is 0.433. The summed E-state index contributed by atoms with van der Waals surface area (Å²) < 4.78 is 0. The topological polar surface area (TPSA) is 23.9 Å². The molecule has 0 aliphatic carbocycles. The van der Waals surface area contributed by atoms with Crippen LogP contribution in [0.15, 0.2) is 11.6 Å². The SMILES string of the molecule is CC.CC(=N)C=C(C)C.CCC. The van der Waals surface area contributed by atoms with Crippen LogP contribution < -0.4 is 0 Å². The molecule has 0 aliphatic rings. The monoisotopic (exact) mass is 171 g/mol. The second kappa shape index (κ2) is 16.8. The molecule has 1 N–H and O–H groups in total. The summed E-state index contributed by atoms with van der Waals surface area (Å²) in [5.74, 6) is 0. The molecule has 0 saturated carbocycles. The van der Waals surface area contributed by atoms with Gasteiger partial charge in [0.15, 0.2) is 0 Å². The van der Waals surface area contributed by atoms with E-state index in [-0.39, 0.29) is 0 Å². The molecule has 0 bridgehead atoms. The van der Waals surface area contributed by atoms with Gasteiger partial charge in [0.05, 0.1) is 0 Å². The lowest BCUT2D eigenvalue weighted by Crippen LogP contribution is -1.78. The Morgan fingerprint density at radius 2 is 1.33 bits per heavy atom. The first kappa shape index (κ1) is 17.5. The average Bonchev–Trinajstić information content (AvgIpc) is 1.90. The van der Waals surface area contributed by atoms with Gasteiger partial charge in [0.1, 0.15) is 0 Å². The lowest BCUT2D eigenvalue weighted by molar-refractivity contribution is 1.09. The van der Waals surface area contributed by atoms with Crippen LogP contribution in [-0.2, 0) is 0 Å². The summed E-state index contributed by atoms with van der Waals surface area (Å²) in [7, 11) is 0. The van der Waals surface area contributed by atoms with E-state index in [1.54, 1.807) is 6.92 Å². The highest BCUT2D eigenvalue weighted by molar-refractivity contribution is 5.90. The van der Waals surface area contributed by atoms with Crippen molar-refractivity contribution in [3.8, 4) is 0 Å². The highest BCUT2D eigenvalue weighted by Gasteiger charge is 1.75. The zero-order chi connectivity index (χ0) is 10.6. The van der Waals surface area contributed by atoms with Crippen molar-refractivity contribution in [2.24, 2.45) is 0 Å². The second-order valence-corrected chi connectivity index (χ2v) is 2.61. The number of allylic oxidation sites excluding steroid dienone is 2. The van der Waals surface area contributed by atoms with Crippen LogP contribution in [0.4, 0.5) is 0 Å². The Kier molecular flexibility index (Phi) is 24.5. The molecule has 0 saturated heterocycles. The molecule has 12 heavy (non-hydrogen) atoms. The molecular formula is C11H25N. The van der Waals surface area contributed by atoms with Crippen LogP contribution in [0.25, 0.3) is 0 Å². The first-order valence-corrected chi connectivity index (χ1v) is 4.74. The summed E-state index contributed by atoms with van der Waals surface area (Å²) in [6.45, 7) is 14.0. The molecular weight excluding hydrogens is 146 g/mol. The molecule has 74 valence electrons. The van der Waals surface area contributed by atoms with Crippen molar-refractivity contribution >= 4 is 5.71 Å². The molecule has 0 atom stereocenters. The Bertz CT molecular complexity index is 108. The standard InChI is InChI=1S/C6H11N.C3H8.C2H6/c1-5(2)4-6(3)7;1-3-2;1-2/h4,7H,1-3H3;3H2,1-2H3;1-2H3. The zero-order valence-corrected chi connectivity index (χ0v) is 9.78. The summed E-state index contributed by atoms with van der Waals surface area (Å²) >= 11 is 0. The lowest BCUT2D eigenvalue weighted by Gasteiger charge is -1.83. The smallest absolute Gasteiger partial charge is 0.0282 e. The summed E-state index contributed by atoms with van der Waals surface area (Å²) in [6.07, 6.45) is 3.08. The van der Waals surface area contributed by atoms with E-state index in [4.69, 9.17) is 5.41 Å². The molecule has 0 fully saturated rings. The van der Waals surface area contributed by atoms with Gasteiger partial charge < -0.3 is 5.41 Å². The van der Waals surface area contributed by atoms with Gasteiger partial charge in [-0.15, -0.1) is 0 Å². The van der Waals surface area contributed by atoms with E-state index in [1.165, 1.54) is 12.0 Å². The van der Waals surface area contributed by atoms with E-state index in [0.717, 1.165) is 0 Å². The van der Waals surface area contributed by atoms with Crippen LogP contribution in [0.3, 0.4) is 0 Å². The van der Waals surface area contributed by atoms with Gasteiger partial charge in [0.25, 0.3) is 0 Å². The summed E-state index contributed by atoms with van der Waals surface area (Å²) in [5, 5.41) is 6.95. The third-order valence-corrected chi connectivity index (χ3v) is 0.505. The number of hydrogen-bond acceptors (Lipinski definition) is 1. The van der Waals surface area contributed by atoms with Gasteiger partial charge in [-0.25, -0.2) is 0 Å². The van der Waals surface area contributed by atoms with Crippen molar-refractivity contribution in [2.45, 2.75) is 54.9 Å². The van der Waals surface area contributed by atoms with E-state index in [0.29, 0.717) is 5.71 Å². The Labute approximate surface area is 78.4 Å². The van der Waals surface area contributed by atoms with Gasteiger partial charge in [-0.2, -0.15) is 0 Å². The van der Waals surface area contributed by atoms with Gasteiger partial charge in [-0.05, 0) is 26.8 Å². The van der Waals surface area contributed by atoms with E-state index >= 15 is 0 Å². The zero-order valence-electron chi connectivity index (χ0n) is 9.78. The molecule has 0 aliphatic heterocycles. The Balaban J connectivity index is -0.000000137. The normalized spacial score (nSPS) is 6.58. The molecule has 0 spiro atoms. The third kappa shape index (κ3) is 57.2. The molecule has 0 heterocycles. The van der Waals surface area contributed by atoms with Gasteiger partial charge >= 0.3 is 0 Å². The first-order chi connectivity index (χ1) is 5.54. The first-order valence-electron chi connectivity index (χ1n) is 4.74. The van der Waals surface area contributed by atoms with E-state index in [2.05, 4.69) is 13.8 Å². The van der Waals surface area contributed by atoms with Crippen molar-refractivity contribution < 1.29 is 0 Å². The minimum absolute atomic E-state index is 0.625. The van der Waals surface area contributed by atoms with Gasteiger partial charge in [-0.3, -0.25) is 0 Å². The van der Waals surface area contributed by atoms with E-state index in [1.807, 2.05) is 33.8 Å². The fourth-order valence-electron chi connectivity index (χ4n) is 0.433. The van der Waals surface area contributed by atoms with Gasteiger partial charge in [0.2, 0.25) is 0 Å². The fraction of sp³-hybridized carbons (Fsp3) is 0.727. The maximum absolute atomic E-state index is 6.95. The number of hydrogen-bond donors (Lipinski definition) is 1. The summed E-state index contributed by atoms with van der Waals surface area (Å²) in [4.78, 5) is 0. The minimum atomic E-state index is 0.625. The van der Waals surface area contributed by atoms with Crippen LogP contribution in [-0.4, -0.2) is 5.71 Å². The molecule has 0 aromatic carbocycles.